The van der Waals surface area contributed by atoms with E-state index in [1.54, 1.807) is 11.3 Å². The molecule has 0 saturated heterocycles. The molecule has 8 heteroatoms. The van der Waals surface area contributed by atoms with Gasteiger partial charge in [0.25, 0.3) is 0 Å². The number of aryl methyl sites for hydroxylation is 2. The predicted octanol–water partition coefficient (Wildman–Crippen LogP) is 3.98. The van der Waals surface area contributed by atoms with Crippen LogP contribution in [0.15, 0.2) is 18.3 Å². The van der Waals surface area contributed by atoms with Crippen LogP contribution in [0.1, 0.15) is 55.0 Å². The van der Waals surface area contributed by atoms with Gasteiger partial charge in [-0.25, -0.2) is 9.78 Å². The fourth-order valence-electron chi connectivity index (χ4n) is 2.62. The van der Waals surface area contributed by atoms with Crippen LogP contribution in [0.25, 0.3) is 5.65 Å². The van der Waals surface area contributed by atoms with Crippen LogP contribution in [-0.2, 0) is 5.54 Å². The van der Waals surface area contributed by atoms with E-state index in [2.05, 4.69) is 39.7 Å². The summed E-state index contributed by atoms with van der Waals surface area (Å²) in [5.41, 5.74) is 1.88. The van der Waals surface area contributed by atoms with Crippen LogP contribution in [-0.4, -0.2) is 25.6 Å². The molecule has 3 heterocycles. The highest BCUT2D eigenvalue weighted by Gasteiger charge is 2.27. The second-order valence-corrected chi connectivity index (χ2v) is 8.43. The standard InChI is InChI=1S/C18H24N6OS/c1-10(2)15-23-22-14-8-7-13(9-24(14)15)20-17(25)21-18(5,6)16-19-11(3)12(4)26-16/h7-10H,1-6H3,(H2,20,21,25). The summed E-state index contributed by atoms with van der Waals surface area (Å²) >= 11 is 1.60. The van der Waals surface area contributed by atoms with Crippen LogP contribution in [0, 0.1) is 13.8 Å². The minimum atomic E-state index is -0.558. The zero-order valence-corrected chi connectivity index (χ0v) is 16.7. The van der Waals surface area contributed by atoms with E-state index in [4.69, 9.17) is 0 Å². The van der Waals surface area contributed by atoms with E-state index in [0.717, 1.165) is 27.1 Å². The minimum Gasteiger partial charge on any atom is -0.326 e. The van der Waals surface area contributed by atoms with Gasteiger partial charge in [-0.1, -0.05) is 13.8 Å². The molecule has 26 heavy (non-hydrogen) atoms. The Bertz CT molecular complexity index is 936. The van der Waals surface area contributed by atoms with Gasteiger partial charge in [-0.05, 0) is 39.8 Å². The third-order valence-electron chi connectivity index (χ3n) is 4.19. The smallest absolute Gasteiger partial charge is 0.320 e. The lowest BCUT2D eigenvalue weighted by Crippen LogP contribution is -2.43. The Hall–Kier alpha value is -2.48. The molecule has 0 bridgehead atoms. The van der Waals surface area contributed by atoms with Gasteiger partial charge in [0.05, 0.1) is 16.9 Å². The van der Waals surface area contributed by atoms with Gasteiger partial charge in [0, 0.05) is 17.0 Å². The molecule has 2 amide bonds. The average Bonchev–Trinajstić information content (AvgIpc) is 3.10. The molecule has 138 valence electrons. The van der Waals surface area contributed by atoms with Crippen molar-refractivity contribution in [3.8, 4) is 0 Å². The number of amides is 2. The molecule has 3 aromatic rings. The Morgan fingerprint density at radius 2 is 1.96 bits per heavy atom. The monoisotopic (exact) mass is 372 g/mol. The van der Waals surface area contributed by atoms with Crippen molar-refractivity contribution in [1.82, 2.24) is 24.9 Å². The highest BCUT2D eigenvalue weighted by Crippen LogP contribution is 2.27. The van der Waals surface area contributed by atoms with Crippen LogP contribution in [0.3, 0.4) is 0 Å². The number of fused-ring (bicyclic) bond motifs is 1. The molecule has 2 N–H and O–H groups in total. The number of rotatable bonds is 4. The number of carbonyl (C=O) groups is 1. The number of hydrogen-bond donors (Lipinski definition) is 2. The van der Waals surface area contributed by atoms with Crippen molar-refractivity contribution in [2.45, 2.75) is 53.0 Å². The molecular weight excluding hydrogens is 348 g/mol. The normalized spacial score (nSPS) is 12.0. The number of aromatic nitrogens is 4. The van der Waals surface area contributed by atoms with Gasteiger partial charge in [0.2, 0.25) is 0 Å². The van der Waals surface area contributed by atoms with Crippen LogP contribution >= 0.6 is 11.3 Å². The Balaban J connectivity index is 1.77. The molecule has 3 aromatic heterocycles. The third kappa shape index (κ3) is 3.55. The van der Waals surface area contributed by atoms with E-state index < -0.39 is 5.54 Å². The van der Waals surface area contributed by atoms with E-state index in [1.807, 2.05) is 50.4 Å². The lowest BCUT2D eigenvalue weighted by molar-refractivity contribution is 0.241. The molecule has 0 fully saturated rings. The number of nitrogens with zero attached hydrogens (tertiary/aromatic N) is 4. The number of anilines is 1. The molecule has 0 radical (unpaired) electrons. The second-order valence-electron chi connectivity index (χ2n) is 7.22. The summed E-state index contributed by atoms with van der Waals surface area (Å²) in [6.07, 6.45) is 1.84. The minimum absolute atomic E-state index is 0.240. The van der Waals surface area contributed by atoms with Gasteiger partial charge in [-0.3, -0.25) is 4.40 Å². The van der Waals surface area contributed by atoms with E-state index in [0.29, 0.717) is 5.69 Å². The molecule has 0 unspecified atom stereocenters. The fourth-order valence-corrected chi connectivity index (χ4v) is 3.59. The zero-order valence-electron chi connectivity index (χ0n) is 15.9. The van der Waals surface area contributed by atoms with Crippen molar-refractivity contribution in [2.24, 2.45) is 0 Å². The van der Waals surface area contributed by atoms with E-state index >= 15 is 0 Å². The van der Waals surface area contributed by atoms with Gasteiger partial charge < -0.3 is 10.6 Å². The molecule has 0 aliphatic rings. The Kier molecular flexibility index (Phi) is 4.70. The number of nitrogens with one attached hydrogen (secondary N) is 2. The number of pyridine rings is 1. The van der Waals surface area contributed by atoms with Gasteiger partial charge in [0.15, 0.2) is 5.65 Å². The first kappa shape index (κ1) is 18.3. The predicted molar refractivity (Wildman–Crippen MR) is 104 cm³/mol. The summed E-state index contributed by atoms with van der Waals surface area (Å²) < 4.78 is 1.90. The Morgan fingerprint density at radius 1 is 1.23 bits per heavy atom. The maximum absolute atomic E-state index is 12.5. The highest BCUT2D eigenvalue weighted by atomic mass is 32.1. The van der Waals surface area contributed by atoms with Crippen molar-refractivity contribution < 1.29 is 4.79 Å². The summed E-state index contributed by atoms with van der Waals surface area (Å²) in [4.78, 5) is 18.2. The number of urea groups is 1. The fraction of sp³-hybridized carbons (Fsp3) is 0.444. The molecule has 7 nitrogen and oxygen atoms in total. The van der Waals surface area contributed by atoms with Crippen molar-refractivity contribution in [3.05, 3.63) is 39.7 Å². The maximum Gasteiger partial charge on any atom is 0.320 e. The summed E-state index contributed by atoms with van der Waals surface area (Å²) in [6, 6.07) is 3.38. The summed E-state index contributed by atoms with van der Waals surface area (Å²) in [7, 11) is 0. The lowest BCUT2D eigenvalue weighted by Gasteiger charge is -2.24. The van der Waals surface area contributed by atoms with Crippen molar-refractivity contribution in [2.75, 3.05) is 5.32 Å². The zero-order chi connectivity index (χ0) is 19.1. The van der Waals surface area contributed by atoms with Crippen molar-refractivity contribution in [1.29, 1.82) is 0 Å². The third-order valence-corrected chi connectivity index (χ3v) is 5.59. The van der Waals surface area contributed by atoms with Crippen LogP contribution < -0.4 is 10.6 Å². The summed E-state index contributed by atoms with van der Waals surface area (Å²) in [5, 5.41) is 15.1. The molecule has 0 spiro atoms. The number of thiazole rings is 1. The molecule has 0 aromatic carbocycles. The topological polar surface area (TPSA) is 84.2 Å². The maximum atomic E-state index is 12.5. The van der Waals surface area contributed by atoms with Gasteiger partial charge in [0.1, 0.15) is 10.8 Å². The van der Waals surface area contributed by atoms with E-state index in [-0.39, 0.29) is 11.9 Å². The lowest BCUT2D eigenvalue weighted by atomic mass is 10.1. The SMILES string of the molecule is Cc1nc(C(C)(C)NC(=O)Nc2ccc3nnc(C(C)C)n3c2)sc1C. The molecule has 0 aliphatic heterocycles. The van der Waals surface area contributed by atoms with Crippen molar-refractivity contribution >= 4 is 28.7 Å². The highest BCUT2D eigenvalue weighted by molar-refractivity contribution is 7.11. The molecule has 0 aliphatic carbocycles. The largest absolute Gasteiger partial charge is 0.326 e. The van der Waals surface area contributed by atoms with Crippen LogP contribution in [0.5, 0.6) is 0 Å². The molecule has 0 saturated carbocycles. The van der Waals surface area contributed by atoms with Gasteiger partial charge in [-0.2, -0.15) is 0 Å². The van der Waals surface area contributed by atoms with E-state index in [9.17, 15) is 4.79 Å². The van der Waals surface area contributed by atoms with Gasteiger partial charge >= 0.3 is 6.03 Å². The second kappa shape index (κ2) is 6.68. The summed E-state index contributed by atoms with van der Waals surface area (Å²) in [5.74, 6) is 1.10. The number of carbonyl (C=O) groups excluding carboxylic acids is 1. The molecule has 0 atom stereocenters. The van der Waals surface area contributed by atoms with Crippen LogP contribution in [0.2, 0.25) is 0 Å². The van der Waals surface area contributed by atoms with E-state index in [1.165, 1.54) is 0 Å². The van der Waals surface area contributed by atoms with Crippen molar-refractivity contribution in [3.63, 3.8) is 0 Å². The van der Waals surface area contributed by atoms with Gasteiger partial charge in [-0.15, -0.1) is 21.5 Å². The Morgan fingerprint density at radius 3 is 2.58 bits per heavy atom. The van der Waals surface area contributed by atoms with Crippen LogP contribution in [0.4, 0.5) is 10.5 Å². The molecule has 3 rings (SSSR count). The summed E-state index contributed by atoms with van der Waals surface area (Å²) in [6.45, 7) is 12.0. The Labute approximate surface area is 156 Å². The average molecular weight is 372 g/mol. The first-order chi connectivity index (χ1) is 12.2. The quantitative estimate of drug-likeness (QED) is 0.725. The first-order valence-electron chi connectivity index (χ1n) is 8.55. The first-order valence-corrected chi connectivity index (χ1v) is 9.37. The number of hydrogen-bond acceptors (Lipinski definition) is 5. The molecular formula is C18H24N6OS.